The lowest BCUT2D eigenvalue weighted by Crippen LogP contribution is -2.22. The van der Waals surface area contributed by atoms with E-state index in [2.05, 4.69) is 5.32 Å². The summed E-state index contributed by atoms with van der Waals surface area (Å²) in [6.45, 7) is 0.0591. The molecule has 0 radical (unpaired) electrons. The lowest BCUT2D eigenvalue weighted by Gasteiger charge is -2.08. The van der Waals surface area contributed by atoms with Gasteiger partial charge in [0, 0.05) is 25.1 Å². The van der Waals surface area contributed by atoms with Crippen LogP contribution in [0.25, 0.3) is 11.1 Å². The maximum atomic E-state index is 12.1. The Bertz CT molecular complexity index is 1130. The molecular formula is C26H26N2O6. The molecule has 8 heteroatoms. The maximum absolute atomic E-state index is 12.1. The van der Waals surface area contributed by atoms with Crippen LogP contribution >= 0.6 is 0 Å². The summed E-state index contributed by atoms with van der Waals surface area (Å²) in [5.41, 5.74) is 3.94. The number of ether oxygens (including phenoxy) is 1. The molecule has 3 aromatic rings. The Morgan fingerprint density at radius 1 is 0.912 bits per heavy atom. The number of carboxylic acids is 1. The van der Waals surface area contributed by atoms with Crippen LogP contribution in [0.5, 0.6) is 5.75 Å². The third-order valence-corrected chi connectivity index (χ3v) is 5.23. The molecule has 1 amide bonds. The Morgan fingerprint density at radius 2 is 1.59 bits per heavy atom. The molecule has 0 heterocycles. The molecule has 0 aliphatic rings. The predicted molar refractivity (Wildman–Crippen MR) is 128 cm³/mol. The lowest BCUT2D eigenvalue weighted by atomic mass is 10.0. The number of nitro groups is 1. The number of hydrogen-bond acceptors (Lipinski definition) is 5. The summed E-state index contributed by atoms with van der Waals surface area (Å²) in [6.07, 6.45) is 2.59. The maximum Gasteiger partial charge on any atom is 0.341 e. The van der Waals surface area contributed by atoms with E-state index in [1.165, 1.54) is 6.07 Å². The number of carbonyl (C=O) groups excluding carboxylic acids is 1. The minimum absolute atomic E-state index is 0.0277. The van der Waals surface area contributed by atoms with Crippen molar-refractivity contribution in [3.8, 4) is 16.9 Å². The van der Waals surface area contributed by atoms with Crippen LogP contribution in [0.4, 0.5) is 5.69 Å². The Balaban J connectivity index is 1.39. The molecule has 0 unspecified atom stereocenters. The summed E-state index contributed by atoms with van der Waals surface area (Å²) >= 11 is 0. The number of carboxylic acid groups (broad SMARTS) is 1. The average Bonchev–Trinajstić information content (AvgIpc) is 2.85. The van der Waals surface area contributed by atoms with Gasteiger partial charge in [-0.2, -0.15) is 0 Å². The number of carbonyl (C=O) groups is 2. The largest absolute Gasteiger partial charge is 0.482 e. The van der Waals surface area contributed by atoms with Crippen LogP contribution in [0.3, 0.4) is 0 Å². The predicted octanol–water partition coefficient (Wildman–Crippen LogP) is 4.75. The number of hydrogen-bond donors (Lipinski definition) is 2. The first kappa shape index (κ1) is 24.4. The molecule has 0 saturated carbocycles. The highest BCUT2D eigenvalue weighted by molar-refractivity contribution is 5.75. The summed E-state index contributed by atoms with van der Waals surface area (Å²) in [5.74, 6) is -0.553. The molecule has 0 atom stereocenters. The van der Waals surface area contributed by atoms with E-state index in [0.29, 0.717) is 31.6 Å². The molecule has 2 N–H and O–H groups in total. The topological polar surface area (TPSA) is 119 Å². The average molecular weight is 463 g/mol. The Labute approximate surface area is 197 Å². The second-order valence-electron chi connectivity index (χ2n) is 7.81. The fourth-order valence-electron chi connectivity index (χ4n) is 3.43. The molecule has 3 rings (SSSR count). The molecule has 0 saturated heterocycles. The highest BCUT2D eigenvalue weighted by Gasteiger charge is 2.07. The van der Waals surface area contributed by atoms with Crippen molar-refractivity contribution in [1.29, 1.82) is 0 Å². The van der Waals surface area contributed by atoms with E-state index in [1.807, 2.05) is 42.5 Å². The minimum atomic E-state index is -1.02. The smallest absolute Gasteiger partial charge is 0.341 e. The van der Waals surface area contributed by atoms with Crippen LogP contribution < -0.4 is 10.1 Å². The summed E-state index contributed by atoms with van der Waals surface area (Å²) in [4.78, 5) is 33.1. The van der Waals surface area contributed by atoms with Crippen molar-refractivity contribution in [2.75, 3.05) is 6.61 Å². The van der Waals surface area contributed by atoms with Crippen LogP contribution in [-0.2, 0) is 22.6 Å². The van der Waals surface area contributed by atoms with E-state index in [0.717, 1.165) is 28.7 Å². The molecule has 3 aromatic carbocycles. The molecule has 176 valence electrons. The van der Waals surface area contributed by atoms with Gasteiger partial charge in [-0.25, -0.2) is 4.79 Å². The summed E-state index contributed by atoms with van der Waals surface area (Å²) in [7, 11) is 0. The van der Waals surface area contributed by atoms with Gasteiger partial charge in [0.15, 0.2) is 6.61 Å². The van der Waals surface area contributed by atoms with Crippen molar-refractivity contribution in [2.24, 2.45) is 0 Å². The van der Waals surface area contributed by atoms with Gasteiger partial charge in [0.05, 0.1) is 4.92 Å². The van der Waals surface area contributed by atoms with E-state index < -0.39 is 10.9 Å². The molecule has 0 fully saturated rings. The van der Waals surface area contributed by atoms with E-state index >= 15 is 0 Å². The number of aryl methyl sites for hydroxylation is 1. The van der Waals surface area contributed by atoms with Gasteiger partial charge in [0.25, 0.3) is 5.69 Å². The Hall–Kier alpha value is -4.20. The van der Waals surface area contributed by atoms with E-state index in [4.69, 9.17) is 9.84 Å². The second-order valence-corrected chi connectivity index (χ2v) is 7.81. The Kier molecular flexibility index (Phi) is 8.73. The van der Waals surface area contributed by atoms with E-state index in [1.54, 1.807) is 24.3 Å². The fraction of sp³-hybridized carbons (Fsp3) is 0.231. The van der Waals surface area contributed by atoms with Crippen LogP contribution in [-0.4, -0.2) is 28.5 Å². The van der Waals surface area contributed by atoms with Gasteiger partial charge < -0.3 is 15.2 Å². The van der Waals surface area contributed by atoms with Crippen molar-refractivity contribution in [2.45, 2.75) is 32.2 Å². The van der Waals surface area contributed by atoms with Crippen LogP contribution in [0, 0.1) is 10.1 Å². The highest BCUT2D eigenvalue weighted by atomic mass is 16.6. The number of nitrogens with one attached hydrogen (secondary N) is 1. The monoisotopic (exact) mass is 462 g/mol. The number of nitrogens with zero attached hydrogens (tertiary/aromatic N) is 1. The van der Waals surface area contributed by atoms with Crippen molar-refractivity contribution in [1.82, 2.24) is 5.32 Å². The second kappa shape index (κ2) is 12.2. The van der Waals surface area contributed by atoms with Gasteiger partial charge in [-0.1, -0.05) is 48.5 Å². The summed E-state index contributed by atoms with van der Waals surface area (Å²) in [6, 6.07) is 21.6. The third-order valence-electron chi connectivity index (χ3n) is 5.23. The minimum Gasteiger partial charge on any atom is -0.482 e. The molecule has 0 aliphatic heterocycles. The molecule has 0 aromatic heterocycles. The van der Waals surface area contributed by atoms with Gasteiger partial charge >= 0.3 is 5.97 Å². The van der Waals surface area contributed by atoms with Gasteiger partial charge in [-0.15, -0.1) is 0 Å². The fourth-order valence-corrected chi connectivity index (χ4v) is 3.43. The standard InChI is InChI=1S/C26H26N2O6/c29-25(7-2-1-4-19-5-3-6-23(16-19)28(32)33)27-17-20-8-10-21(11-9-20)22-12-14-24(15-13-22)34-18-26(30)31/h3,5-6,8-16H,1-2,4,7,17-18H2,(H,27,29)(H,30,31). The quantitative estimate of drug-likeness (QED) is 0.228. The highest BCUT2D eigenvalue weighted by Crippen LogP contribution is 2.23. The first-order valence-electron chi connectivity index (χ1n) is 10.9. The van der Waals surface area contributed by atoms with Crippen molar-refractivity contribution in [3.05, 3.63) is 94.0 Å². The number of benzene rings is 3. The lowest BCUT2D eigenvalue weighted by molar-refractivity contribution is -0.384. The molecule has 0 spiro atoms. The zero-order valence-corrected chi connectivity index (χ0v) is 18.6. The van der Waals surface area contributed by atoms with Crippen molar-refractivity contribution >= 4 is 17.6 Å². The van der Waals surface area contributed by atoms with Crippen molar-refractivity contribution < 1.29 is 24.4 Å². The summed E-state index contributed by atoms with van der Waals surface area (Å²) < 4.78 is 5.14. The third kappa shape index (κ3) is 7.74. The van der Waals surface area contributed by atoms with Crippen LogP contribution in [0.1, 0.15) is 30.4 Å². The molecular weight excluding hydrogens is 436 g/mol. The van der Waals surface area contributed by atoms with Crippen LogP contribution in [0.15, 0.2) is 72.8 Å². The first-order chi connectivity index (χ1) is 16.4. The van der Waals surface area contributed by atoms with Gasteiger partial charge in [0.1, 0.15) is 5.75 Å². The van der Waals surface area contributed by atoms with Gasteiger partial charge in [-0.05, 0) is 53.6 Å². The number of aliphatic carboxylic acids is 1. The van der Waals surface area contributed by atoms with Crippen molar-refractivity contribution in [3.63, 3.8) is 0 Å². The Morgan fingerprint density at radius 3 is 2.24 bits per heavy atom. The number of rotatable bonds is 12. The number of unbranched alkanes of at least 4 members (excludes halogenated alkanes) is 1. The molecule has 0 aliphatic carbocycles. The normalized spacial score (nSPS) is 10.5. The molecule has 8 nitrogen and oxygen atoms in total. The summed E-state index contributed by atoms with van der Waals surface area (Å²) in [5, 5.41) is 22.4. The van der Waals surface area contributed by atoms with E-state index in [-0.39, 0.29) is 18.2 Å². The SMILES string of the molecule is O=C(O)COc1ccc(-c2ccc(CNC(=O)CCCCc3cccc([N+](=O)[O-])c3)cc2)cc1. The zero-order valence-electron chi connectivity index (χ0n) is 18.6. The zero-order chi connectivity index (χ0) is 24.3. The van der Waals surface area contributed by atoms with Gasteiger partial charge in [0.2, 0.25) is 5.91 Å². The van der Waals surface area contributed by atoms with E-state index in [9.17, 15) is 19.7 Å². The molecule has 34 heavy (non-hydrogen) atoms. The van der Waals surface area contributed by atoms with Gasteiger partial charge in [-0.3, -0.25) is 14.9 Å². The van der Waals surface area contributed by atoms with Crippen LogP contribution in [0.2, 0.25) is 0 Å². The number of amides is 1. The number of nitro benzene ring substituents is 1. The molecule has 0 bridgehead atoms. The first-order valence-corrected chi connectivity index (χ1v) is 10.9. The number of non-ortho nitro benzene ring substituents is 1.